The van der Waals surface area contributed by atoms with Crippen molar-refractivity contribution in [2.75, 3.05) is 7.11 Å². The number of hydrogen-bond donors (Lipinski definition) is 0. The molecule has 0 N–H and O–H groups in total. The molecule has 0 saturated heterocycles. The van der Waals surface area contributed by atoms with E-state index < -0.39 is 0 Å². The Morgan fingerprint density at radius 1 is 0.952 bits per heavy atom. The zero-order valence-electron chi connectivity index (χ0n) is 12.3. The topological polar surface area (TPSA) is 22.1 Å². The summed E-state index contributed by atoms with van der Waals surface area (Å²) < 4.78 is 5.52. The molecule has 21 heavy (non-hydrogen) atoms. The molecule has 1 aliphatic carbocycles. The van der Waals surface area contributed by atoms with E-state index >= 15 is 0 Å². The fraction of sp³-hybridized carbons (Fsp3) is 0.211. The molecule has 0 unspecified atom stereocenters. The second kappa shape index (κ2) is 4.59. The van der Waals surface area contributed by atoms with Gasteiger partial charge in [-0.2, -0.15) is 0 Å². The minimum absolute atomic E-state index is 0.978. The first kappa shape index (κ1) is 12.4. The van der Waals surface area contributed by atoms with Gasteiger partial charge in [0.25, 0.3) is 0 Å². The van der Waals surface area contributed by atoms with Crippen LogP contribution in [0.2, 0.25) is 0 Å². The molecule has 104 valence electrons. The molecule has 2 nitrogen and oxygen atoms in total. The van der Waals surface area contributed by atoms with E-state index in [1.165, 1.54) is 27.6 Å². The van der Waals surface area contributed by atoms with Crippen LogP contribution >= 0.6 is 0 Å². The van der Waals surface area contributed by atoms with Crippen molar-refractivity contribution in [3.63, 3.8) is 0 Å². The number of pyridine rings is 1. The predicted molar refractivity (Wildman–Crippen MR) is 85.9 cm³/mol. The third-order valence-corrected chi connectivity index (χ3v) is 4.51. The van der Waals surface area contributed by atoms with Crippen LogP contribution in [0, 0.1) is 6.92 Å². The van der Waals surface area contributed by atoms with Gasteiger partial charge in [-0.1, -0.05) is 30.3 Å². The van der Waals surface area contributed by atoms with E-state index in [4.69, 9.17) is 9.72 Å². The van der Waals surface area contributed by atoms with Crippen molar-refractivity contribution < 1.29 is 4.74 Å². The number of aryl methyl sites for hydroxylation is 1. The SMILES string of the molecule is COc1cccc2c1CCc1c-2nc2ccccc2c1C. The Morgan fingerprint density at radius 2 is 1.76 bits per heavy atom. The number of hydrogen-bond acceptors (Lipinski definition) is 2. The lowest BCUT2D eigenvalue weighted by atomic mass is 9.85. The van der Waals surface area contributed by atoms with Crippen molar-refractivity contribution in [1.82, 2.24) is 4.98 Å². The van der Waals surface area contributed by atoms with Gasteiger partial charge in [0.05, 0.1) is 18.3 Å². The number of rotatable bonds is 1. The Hall–Kier alpha value is -2.35. The molecule has 2 aromatic carbocycles. The van der Waals surface area contributed by atoms with Crippen LogP contribution in [-0.4, -0.2) is 12.1 Å². The number of nitrogens with zero attached hydrogens (tertiary/aromatic N) is 1. The maximum Gasteiger partial charge on any atom is 0.122 e. The highest BCUT2D eigenvalue weighted by atomic mass is 16.5. The Bertz CT molecular complexity index is 852. The van der Waals surface area contributed by atoms with Crippen molar-refractivity contribution in [2.24, 2.45) is 0 Å². The van der Waals surface area contributed by atoms with Crippen LogP contribution < -0.4 is 4.74 Å². The van der Waals surface area contributed by atoms with Crippen molar-refractivity contribution in [2.45, 2.75) is 19.8 Å². The lowest BCUT2D eigenvalue weighted by Crippen LogP contribution is -2.09. The van der Waals surface area contributed by atoms with Gasteiger partial charge in [-0.3, -0.25) is 0 Å². The highest BCUT2D eigenvalue weighted by molar-refractivity contribution is 5.88. The van der Waals surface area contributed by atoms with Gasteiger partial charge in [0, 0.05) is 16.5 Å². The van der Waals surface area contributed by atoms with Gasteiger partial charge >= 0.3 is 0 Å². The largest absolute Gasteiger partial charge is 0.496 e. The summed E-state index contributed by atoms with van der Waals surface area (Å²) in [4.78, 5) is 4.94. The van der Waals surface area contributed by atoms with Crippen LogP contribution in [-0.2, 0) is 12.8 Å². The van der Waals surface area contributed by atoms with Crippen molar-refractivity contribution >= 4 is 10.9 Å². The van der Waals surface area contributed by atoms with E-state index in [9.17, 15) is 0 Å². The molecule has 2 heteroatoms. The Balaban J connectivity index is 2.07. The number of methoxy groups -OCH3 is 1. The second-order valence-corrected chi connectivity index (χ2v) is 5.57. The number of para-hydroxylation sites is 1. The standard InChI is InChI=1S/C19H17NO/c1-12-13-6-3-4-8-17(13)20-19-14(12)10-11-15-16(19)7-5-9-18(15)21-2/h3-9H,10-11H2,1-2H3. The fourth-order valence-electron chi connectivity index (χ4n) is 3.43. The highest BCUT2D eigenvalue weighted by Crippen LogP contribution is 2.39. The second-order valence-electron chi connectivity index (χ2n) is 5.57. The zero-order chi connectivity index (χ0) is 14.4. The Labute approximate surface area is 124 Å². The van der Waals surface area contributed by atoms with Crippen molar-refractivity contribution in [3.8, 4) is 17.0 Å². The average Bonchev–Trinajstić information content (AvgIpc) is 2.54. The summed E-state index contributed by atoms with van der Waals surface area (Å²) in [6.07, 6.45) is 2.06. The third-order valence-electron chi connectivity index (χ3n) is 4.51. The molecule has 0 aliphatic heterocycles. The summed E-state index contributed by atoms with van der Waals surface area (Å²) in [5.74, 6) is 0.978. The fourth-order valence-corrected chi connectivity index (χ4v) is 3.43. The van der Waals surface area contributed by atoms with E-state index in [2.05, 4.69) is 43.3 Å². The molecule has 0 radical (unpaired) electrons. The average molecular weight is 275 g/mol. The molecule has 1 heterocycles. The lowest BCUT2D eigenvalue weighted by Gasteiger charge is -2.23. The van der Waals surface area contributed by atoms with E-state index in [0.29, 0.717) is 0 Å². The van der Waals surface area contributed by atoms with Gasteiger partial charge in [-0.05, 0) is 43.0 Å². The number of benzene rings is 2. The minimum atomic E-state index is 0.978. The van der Waals surface area contributed by atoms with Crippen LogP contribution in [0.3, 0.4) is 0 Å². The van der Waals surface area contributed by atoms with Crippen LogP contribution in [0.15, 0.2) is 42.5 Å². The van der Waals surface area contributed by atoms with Crippen LogP contribution in [0.4, 0.5) is 0 Å². The lowest BCUT2D eigenvalue weighted by molar-refractivity contribution is 0.409. The quantitative estimate of drug-likeness (QED) is 0.660. The van der Waals surface area contributed by atoms with Crippen LogP contribution in [0.5, 0.6) is 5.75 Å². The smallest absolute Gasteiger partial charge is 0.122 e. The van der Waals surface area contributed by atoms with E-state index in [1.54, 1.807) is 7.11 Å². The van der Waals surface area contributed by atoms with Gasteiger partial charge in [-0.15, -0.1) is 0 Å². The summed E-state index contributed by atoms with van der Waals surface area (Å²) in [7, 11) is 1.74. The van der Waals surface area contributed by atoms with Crippen LogP contribution in [0.1, 0.15) is 16.7 Å². The predicted octanol–water partition coefficient (Wildman–Crippen LogP) is 4.32. The molecule has 4 rings (SSSR count). The minimum Gasteiger partial charge on any atom is -0.496 e. The molecule has 0 fully saturated rings. The Kier molecular flexibility index (Phi) is 2.71. The Morgan fingerprint density at radius 3 is 2.62 bits per heavy atom. The van der Waals surface area contributed by atoms with Gasteiger partial charge in [0.1, 0.15) is 5.75 Å². The number of fused-ring (bicyclic) bond motifs is 4. The van der Waals surface area contributed by atoms with Gasteiger partial charge in [-0.25, -0.2) is 4.98 Å². The monoisotopic (exact) mass is 275 g/mol. The molecular weight excluding hydrogens is 258 g/mol. The third kappa shape index (κ3) is 1.75. The summed E-state index contributed by atoms with van der Waals surface area (Å²) in [5, 5.41) is 1.27. The summed E-state index contributed by atoms with van der Waals surface area (Å²) in [6, 6.07) is 14.7. The zero-order valence-corrected chi connectivity index (χ0v) is 12.3. The molecule has 0 saturated carbocycles. The van der Waals surface area contributed by atoms with Crippen molar-refractivity contribution in [1.29, 1.82) is 0 Å². The maximum atomic E-state index is 5.52. The van der Waals surface area contributed by atoms with Gasteiger partial charge in [0.2, 0.25) is 0 Å². The highest BCUT2D eigenvalue weighted by Gasteiger charge is 2.22. The van der Waals surface area contributed by atoms with E-state index in [1.807, 2.05) is 6.07 Å². The molecular formula is C19H17NO. The first-order chi connectivity index (χ1) is 10.3. The number of aromatic nitrogens is 1. The normalized spacial score (nSPS) is 12.9. The van der Waals surface area contributed by atoms with Gasteiger partial charge in [0.15, 0.2) is 0 Å². The molecule has 3 aromatic rings. The van der Waals surface area contributed by atoms with E-state index in [-0.39, 0.29) is 0 Å². The summed E-state index contributed by atoms with van der Waals surface area (Å²) >= 11 is 0. The molecule has 0 atom stereocenters. The van der Waals surface area contributed by atoms with Crippen LogP contribution in [0.25, 0.3) is 22.2 Å². The molecule has 0 bridgehead atoms. The first-order valence-corrected chi connectivity index (χ1v) is 7.34. The van der Waals surface area contributed by atoms with Crippen molar-refractivity contribution in [3.05, 3.63) is 59.2 Å². The molecule has 1 aliphatic rings. The summed E-state index contributed by atoms with van der Waals surface area (Å²) in [5.41, 5.74) is 7.47. The molecule has 0 spiro atoms. The van der Waals surface area contributed by atoms with E-state index in [0.717, 1.165) is 29.8 Å². The molecule has 0 amide bonds. The number of ether oxygens (including phenoxy) is 1. The summed E-state index contributed by atoms with van der Waals surface area (Å²) in [6.45, 7) is 2.22. The first-order valence-electron chi connectivity index (χ1n) is 7.34. The maximum absolute atomic E-state index is 5.52. The molecule has 1 aromatic heterocycles. The van der Waals surface area contributed by atoms with Gasteiger partial charge < -0.3 is 4.74 Å².